The molecule has 20 heavy (non-hydrogen) atoms. The Labute approximate surface area is 119 Å². The first kappa shape index (κ1) is 16.5. The number of carbonyl (C=O) groups excluding carboxylic acids is 1. The van der Waals surface area contributed by atoms with E-state index in [1.54, 1.807) is 27.7 Å². The van der Waals surface area contributed by atoms with Gasteiger partial charge in [-0.15, -0.1) is 0 Å². The fourth-order valence-electron chi connectivity index (χ4n) is 1.54. The summed E-state index contributed by atoms with van der Waals surface area (Å²) in [6.07, 6.45) is -0.701. The van der Waals surface area contributed by atoms with Gasteiger partial charge < -0.3 is 4.74 Å². The molecule has 0 saturated heterocycles. The van der Waals surface area contributed by atoms with Crippen molar-refractivity contribution in [2.45, 2.75) is 38.2 Å². The number of amides is 1. The molecule has 0 fully saturated rings. The van der Waals surface area contributed by atoms with Crippen molar-refractivity contribution in [3.63, 3.8) is 0 Å². The number of ether oxygens (including phenoxy) is 1. The maximum Gasteiger partial charge on any atom is 0.414 e. The van der Waals surface area contributed by atoms with E-state index >= 15 is 0 Å². The number of nitrogens with zero attached hydrogens (tertiary/aromatic N) is 1. The van der Waals surface area contributed by atoms with Gasteiger partial charge in [-0.1, -0.05) is 6.07 Å². The van der Waals surface area contributed by atoms with Crippen LogP contribution in [-0.4, -0.2) is 31.7 Å². The Morgan fingerprint density at radius 1 is 1.30 bits per heavy atom. The predicted octanol–water partition coefficient (Wildman–Crippen LogP) is 2.61. The van der Waals surface area contributed by atoms with Crippen LogP contribution in [0.3, 0.4) is 0 Å². The quantitative estimate of drug-likeness (QED) is 0.849. The molecule has 1 aromatic rings. The Hall–Kier alpha value is -1.60. The van der Waals surface area contributed by atoms with Crippen molar-refractivity contribution in [3.8, 4) is 0 Å². The first-order chi connectivity index (χ1) is 8.92. The lowest BCUT2D eigenvalue weighted by molar-refractivity contribution is 0.0589. The van der Waals surface area contributed by atoms with Gasteiger partial charge in [0.15, 0.2) is 0 Å². The van der Waals surface area contributed by atoms with Crippen molar-refractivity contribution >= 4 is 21.9 Å². The topological polar surface area (TPSA) is 83.9 Å². The zero-order valence-corrected chi connectivity index (χ0v) is 13.0. The number of aryl methyl sites for hydroxylation is 1. The highest BCUT2D eigenvalue weighted by molar-refractivity contribution is 7.86. The standard InChI is InChI=1S/C13H19NO5S/c1-9-6-7-11(20(16,17)18)10(8-9)14(5)12(15)19-13(2,3)4/h6-8H,1-5H3,(H,16,17,18). The van der Waals surface area contributed by atoms with Crippen LogP contribution < -0.4 is 4.90 Å². The molecule has 0 radical (unpaired) electrons. The van der Waals surface area contributed by atoms with Crippen LogP contribution >= 0.6 is 0 Å². The molecule has 0 aliphatic carbocycles. The molecule has 0 atom stereocenters. The van der Waals surface area contributed by atoms with Crippen LogP contribution in [0.5, 0.6) is 0 Å². The van der Waals surface area contributed by atoms with E-state index in [0.29, 0.717) is 0 Å². The van der Waals surface area contributed by atoms with Crippen LogP contribution in [0.4, 0.5) is 10.5 Å². The molecule has 0 aromatic heterocycles. The molecule has 0 heterocycles. The minimum absolute atomic E-state index is 0.0711. The van der Waals surface area contributed by atoms with Gasteiger partial charge in [0, 0.05) is 7.05 Å². The fourth-order valence-corrected chi connectivity index (χ4v) is 2.24. The Morgan fingerprint density at radius 3 is 2.30 bits per heavy atom. The Morgan fingerprint density at radius 2 is 1.85 bits per heavy atom. The van der Waals surface area contributed by atoms with Gasteiger partial charge in [0.25, 0.3) is 10.1 Å². The van der Waals surface area contributed by atoms with Crippen LogP contribution in [0.1, 0.15) is 26.3 Å². The number of benzene rings is 1. The predicted molar refractivity (Wildman–Crippen MR) is 75.6 cm³/mol. The Balaban J connectivity index is 3.25. The van der Waals surface area contributed by atoms with E-state index < -0.39 is 21.8 Å². The van der Waals surface area contributed by atoms with E-state index in [1.165, 1.54) is 25.2 Å². The summed E-state index contributed by atoms with van der Waals surface area (Å²) in [5.41, 5.74) is 0.123. The molecule has 112 valence electrons. The van der Waals surface area contributed by atoms with Gasteiger partial charge in [-0.25, -0.2) is 4.79 Å². The first-order valence-electron chi connectivity index (χ1n) is 5.96. The normalized spacial score (nSPS) is 12.1. The average molecular weight is 301 g/mol. The van der Waals surface area contributed by atoms with Crippen LogP contribution in [-0.2, 0) is 14.9 Å². The Bertz CT molecular complexity index is 616. The van der Waals surface area contributed by atoms with E-state index in [9.17, 15) is 17.8 Å². The van der Waals surface area contributed by atoms with Crippen LogP contribution in [0.25, 0.3) is 0 Å². The number of rotatable bonds is 2. The van der Waals surface area contributed by atoms with Crippen molar-refractivity contribution < 1.29 is 22.5 Å². The number of carbonyl (C=O) groups is 1. The molecule has 0 aliphatic rings. The third-order valence-electron chi connectivity index (χ3n) is 2.42. The van der Waals surface area contributed by atoms with Crippen molar-refractivity contribution in [1.82, 2.24) is 0 Å². The minimum atomic E-state index is -4.42. The highest BCUT2D eigenvalue weighted by atomic mass is 32.2. The molecular formula is C13H19NO5S. The first-order valence-corrected chi connectivity index (χ1v) is 7.40. The molecule has 1 N–H and O–H groups in total. The maximum absolute atomic E-state index is 12.0. The third-order valence-corrected chi connectivity index (χ3v) is 3.32. The fraction of sp³-hybridized carbons (Fsp3) is 0.462. The molecule has 1 amide bonds. The second-order valence-electron chi connectivity index (χ2n) is 5.49. The zero-order chi connectivity index (χ0) is 15.7. The third kappa shape index (κ3) is 4.21. The minimum Gasteiger partial charge on any atom is -0.443 e. The lowest BCUT2D eigenvalue weighted by atomic mass is 10.2. The van der Waals surface area contributed by atoms with Crippen LogP contribution in [0.2, 0.25) is 0 Å². The molecule has 0 unspecified atom stereocenters. The van der Waals surface area contributed by atoms with Crippen LogP contribution in [0, 0.1) is 6.92 Å². The summed E-state index contributed by atoms with van der Waals surface area (Å²) in [6, 6.07) is 4.28. The van der Waals surface area contributed by atoms with Gasteiger partial charge in [0.2, 0.25) is 0 Å². The monoisotopic (exact) mass is 301 g/mol. The molecule has 0 saturated carbocycles. The second-order valence-corrected chi connectivity index (χ2v) is 6.88. The summed E-state index contributed by atoms with van der Waals surface area (Å²) in [5.74, 6) is 0. The lowest BCUT2D eigenvalue weighted by Gasteiger charge is -2.25. The molecule has 1 rings (SSSR count). The smallest absolute Gasteiger partial charge is 0.414 e. The van der Waals surface area contributed by atoms with E-state index in [-0.39, 0.29) is 10.6 Å². The molecular weight excluding hydrogens is 282 g/mol. The highest BCUT2D eigenvalue weighted by Gasteiger charge is 2.25. The summed E-state index contributed by atoms with van der Waals surface area (Å²) in [5, 5.41) is 0. The van der Waals surface area contributed by atoms with Crippen molar-refractivity contribution in [2.24, 2.45) is 0 Å². The van der Waals surface area contributed by atoms with Crippen molar-refractivity contribution in [1.29, 1.82) is 0 Å². The highest BCUT2D eigenvalue weighted by Crippen LogP contribution is 2.26. The summed E-state index contributed by atoms with van der Waals surface area (Å²) in [4.78, 5) is 12.7. The largest absolute Gasteiger partial charge is 0.443 e. The van der Waals surface area contributed by atoms with Gasteiger partial charge in [0.1, 0.15) is 10.5 Å². The summed E-state index contributed by atoms with van der Waals surface area (Å²) in [6.45, 7) is 6.87. The summed E-state index contributed by atoms with van der Waals surface area (Å²) in [7, 11) is -3.04. The SMILES string of the molecule is Cc1ccc(S(=O)(=O)O)c(N(C)C(=O)OC(C)(C)C)c1. The van der Waals surface area contributed by atoms with Gasteiger partial charge in [-0.05, 0) is 45.4 Å². The van der Waals surface area contributed by atoms with E-state index in [0.717, 1.165) is 10.5 Å². The average Bonchev–Trinajstić information content (AvgIpc) is 2.23. The Kier molecular flexibility index (Phi) is 4.45. The molecule has 7 heteroatoms. The molecule has 0 spiro atoms. The van der Waals surface area contributed by atoms with Gasteiger partial charge in [-0.2, -0.15) is 8.42 Å². The molecule has 0 aliphatic heterocycles. The van der Waals surface area contributed by atoms with E-state index in [2.05, 4.69) is 0 Å². The summed E-state index contributed by atoms with van der Waals surface area (Å²) >= 11 is 0. The molecule has 1 aromatic carbocycles. The molecule has 6 nitrogen and oxygen atoms in total. The zero-order valence-electron chi connectivity index (χ0n) is 12.2. The lowest BCUT2D eigenvalue weighted by Crippen LogP contribution is -2.34. The maximum atomic E-state index is 12.0. The van der Waals surface area contributed by atoms with Gasteiger partial charge >= 0.3 is 6.09 Å². The number of anilines is 1. The second kappa shape index (κ2) is 5.41. The van der Waals surface area contributed by atoms with Gasteiger partial charge in [-0.3, -0.25) is 9.45 Å². The van der Waals surface area contributed by atoms with E-state index in [1.807, 2.05) is 0 Å². The van der Waals surface area contributed by atoms with Crippen molar-refractivity contribution in [3.05, 3.63) is 23.8 Å². The number of hydrogen-bond acceptors (Lipinski definition) is 4. The van der Waals surface area contributed by atoms with Crippen molar-refractivity contribution in [2.75, 3.05) is 11.9 Å². The van der Waals surface area contributed by atoms with E-state index in [4.69, 9.17) is 4.74 Å². The number of hydrogen-bond donors (Lipinski definition) is 1. The van der Waals surface area contributed by atoms with Gasteiger partial charge in [0.05, 0.1) is 5.69 Å². The molecule has 0 bridgehead atoms. The van der Waals surface area contributed by atoms with Crippen LogP contribution in [0.15, 0.2) is 23.1 Å². The summed E-state index contributed by atoms with van der Waals surface area (Å²) < 4.78 is 37.1.